The summed E-state index contributed by atoms with van der Waals surface area (Å²) in [5.41, 5.74) is 7.93. The first-order valence-corrected chi connectivity index (χ1v) is 26.4. The number of hydrogen-bond acceptors (Lipinski definition) is 19. The number of ketones is 2. The zero-order chi connectivity index (χ0) is 56.2. The van der Waals surface area contributed by atoms with E-state index in [2.05, 4.69) is 79.6 Å². The molecule has 2 unspecified atom stereocenters. The molecule has 79 heavy (non-hydrogen) atoms. The Morgan fingerprint density at radius 3 is 1.62 bits per heavy atom. The van der Waals surface area contributed by atoms with Crippen LogP contribution in [0.15, 0.2) is 94.8 Å². The van der Waals surface area contributed by atoms with Gasteiger partial charge in [-0.05, 0) is 98.5 Å². The van der Waals surface area contributed by atoms with Gasteiger partial charge in [-0.1, -0.05) is 76.1 Å². The quantitative estimate of drug-likeness (QED) is 0.0960. The Balaban J connectivity index is 0.000000195. The molecule has 8 aromatic rings. The molecule has 0 saturated heterocycles. The number of nitrogens with zero attached hydrogens (tertiary/aromatic N) is 13. The van der Waals surface area contributed by atoms with E-state index < -0.39 is 11.7 Å². The third-order valence-corrected chi connectivity index (χ3v) is 13.2. The van der Waals surface area contributed by atoms with Crippen molar-refractivity contribution in [3.05, 3.63) is 131 Å². The number of nitrogens with one attached hydrogen (secondary N) is 3. The van der Waals surface area contributed by atoms with Crippen molar-refractivity contribution in [1.29, 1.82) is 0 Å². The van der Waals surface area contributed by atoms with E-state index in [1.165, 1.54) is 5.56 Å². The van der Waals surface area contributed by atoms with Gasteiger partial charge in [-0.15, -0.1) is 0 Å². The Morgan fingerprint density at radius 1 is 0.658 bits per heavy atom. The minimum Gasteiger partial charge on any atom is -0.444 e. The van der Waals surface area contributed by atoms with Crippen LogP contribution in [0.2, 0.25) is 0 Å². The van der Waals surface area contributed by atoms with Crippen molar-refractivity contribution in [2.45, 2.75) is 129 Å². The Hall–Kier alpha value is -8.53. The van der Waals surface area contributed by atoms with Crippen molar-refractivity contribution in [3.63, 3.8) is 0 Å². The van der Waals surface area contributed by atoms with Crippen molar-refractivity contribution >= 4 is 40.9 Å². The SMILES string of the molecule is Cn1cc(Nc2nccc(-c3ccc4c(c3)CN(C(=O)OC(C)(C)C)CCC4CC(=O)c3noc(C(C)(C)C)n3)n2)cn1.Cn1cc(Nc2nccc(-c3ccc4c(c3)CNCCC4CC(=O)c3noc(C(C)(C)C)n3)n2)cn1. The number of amides is 1. The first-order valence-electron chi connectivity index (χ1n) is 26.4. The summed E-state index contributed by atoms with van der Waals surface area (Å²) in [6.45, 7) is 19.7. The van der Waals surface area contributed by atoms with Crippen LogP contribution >= 0.6 is 0 Å². The van der Waals surface area contributed by atoms with Gasteiger partial charge in [0.25, 0.3) is 0 Å². The normalized spacial score (nSPS) is 15.7. The fraction of sp³-hybridized carbons (Fsp3) is 0.421. The number of anilines is 4. The zero-order valence-electron chi connectivity index (χ0n) is 46.7. The van der Waals surface area contributed by atoms with Gasteiger partial charge >= 0.3 is 6.09 Å². The van der Waals surface area contributed by atoms with E-state index >= 15 is 0 Å². The van der Waals surface area contributed by atoms with Gasteiger partial charge in [-0.2, -0.15) is 20.2 Å². The number of rotatable bonds is 12. The second kappa shape index (κ2) is 22.8. The van der Waals surface area contributed by atoms with Crippen LogP contribution in [0, 0.1) is 0 Å². The van der Waals surface area contributed by atoms with Crippen LogP contribution in [0.3, 0.4) is 0 Å². The molecule has 2 aromatic carbocycles. The summed E-state index contributed by atoms with van der Waals surface area (Å²) in [4.78, 5) is 68.0. The molecule has 0 fully saturated rings. The summed E-state index contributed by atoms with van der Waals surface area (Å²) in [6, 6.07) is 16.1. The monoisotopic (exact) mass is 1070 g/mol. The first kappa shape index (κ1) is 55.2. The average molecular weight is 1070 g/mol. The molecule has 22 nitrogen and oxygen atoms in total. The van der Waals surface area contributed by atoms with Gasteiger partial charge < -0.3 is 34.6 Å². The predicted octanol–water partition coefficient (Wildman–Crippen LogP) is 9.95. The number of Topliss-reactive ketones (excluding diaryl/α,β-unsaturated/α-hetero) is 2. The lowest BCUT2D eigenvalue weighted by molar-refractivity contribution is 0.0234. The summed E-state index contributed by atoms with van der Waals surface area (Å²) < 4.78 is 19.8. The van der Waals surface area contributed by atoms with Crippen LogP contribution in [-0.4, -0.2) is 101 Å². The lowest BCUT2D eigenvalue weighted by atomic mass is 9.87. The van der Waals surface area contributed by atoms with Gasteiger partial charge in [0.05, 0.1) is 35.2 Å². The fourth-order valence-corrected chi connectivity index (χ4v) is 9.23. The van der Waals surface area contributed by atoms with Crippen molar-refractivity contribution in [3.8, 4) is 22.5 Å². The van der Waals surface area contributed by atoms with E-state index in [9.17, 15) is 14.4 Å². The van der Waals surface area contributed by atoms with Crippen LogP contribution in [-0.2, 0) is 42.8 Å². The minimum atomic E-state index is -0.633. The maximum Gasteiger partial charge on any atom is 0.410 e. The van der Waals surface area contributed by atoms with E-state index in [1.807, 2.05) is 119 Å². The summed E-state index contributed by atoms with van der Waals surface area (Å²) in [6.07, 6.45) is 12.1. The van der Waals surface area contributed by atoms with Gasteiger partial charge in [0.2, 0.25) is 46.9 Å². The molecule has 2 aliphatic heterocycles. The minimum absolute atomic E-state index is 0.0707. The molecule has 0 radical (unpaired) electrons. The van der Waals surface area contributed by atoms with E-state index in [-0.39, 0.29) is 52.3 Å². The summed E-state index contributed by atoms with van der Waals surface area (Å²) in [5, 5.41) is 26.1. The molecule has 2 atom stereocenters. The van der Waals surface area contributed by atoms with Crippen LogP contribution in [0.1, 0.15) is 155 Å². The molecule has 8 heterocycles. The van der Waals surface area contributed by atoms with Gasteiger partial charge in [-0.25, -0.2) is 24.7 Å². The number of ether oxygens (including phenoxy) is 1. The molecule has 10 rings (SSSR count). The van der Waals surface area contributed by atoms with E-state index in [0.29, 0.717) is 55.3 Å². The largest absolute Gasteiger partial charge is 0.444 e. The maximum atomic E-state index is 13.3. The maximum absolute atomic E-state index is 13.3. The molecule has 0 spiro atoms. The van der Waals surface area contributed by atoms with Gasteiger partial charge in [-0.3, -0.25) is 19.0 Å². The van der Waals surface area contributed by atoms with Crippen LogP contribution < -0.4 is 16.0 Å². The molecule has 6 aromatic heterocycles. The van der Waals surface area contributed by atoms with Crippen LogP contribution in [0.5, 0.6) is 0 Å². The molecule has 1 amide bonds. The smallest absolute Gasteiger partial charge is 0.410 e. The molecule has 0 saturated carbocycles. The number of carbonyl (C=O) groups excluding carboxylic acids is 3. The molecule has 3 N–H and O–H groups in total. The van der Waals surface area contributed by atoms with Crippen molar-refractivity contribution in [2.24, 2.45) is 14.1 Å². The van der Waals surface area contributed by atoms with Gasteiger partial charge in [0.1, 0.15) is 5.60 Å². The number of aromatic nitrogens is 12. The molecule has 412 valence electrons. The standard InChI is InChI=1S/C31H38N8O4.C26H30N8O2/c1-30(2,3)27-36-26(37-43-27)25(40)15-19-11-13-39(29(41)42-31(4,5)6)17-21-14-20(8-9-23(19)21)24-10-12-32-28(35-24)34-22-16-33-38(7)18-22;1-26(2,3)24-32-23(33-36-24)22(35)12-16-7-9-27-13-18-11-17(5-6-20(16)18)21-8-10-28-25(31-21)30-19-14-29-34(4)15-19/h8-10,12,14,16,18-19H,11,13,15,17H2,1-7H3,(H,32,34,35);5-6,8,10-11,14-16,27H,7,9,12-13H2,1-4H3,(H,28,30,31). The fourth-order valence-electron chi connectivity index (χ4n) is 9.23. The second-order valence-corrected chi connectivity index (χ2v) is 23.1. The van der Waals surface area contributed by atoms with Crippen molar-refractivity contribution in [2.75, 3.05) is 23.7 Å². The lowest BCUT2D eigenvalue weighted by Crippen LogP contribution is -2.36. The Kier molecular flexibility index (Phi) is 16.0. The lowest BCUT2D eigenvalue weighted by Gasteiger charge is -2.26. The molecular formula is C57H68N16O6. The van der Waals surface area contributed by atoms with Crippen LogP contribution in [0.4, 0.5) is 28.1 Å². The Morgan fingerprint density at radius 2 is 1.15 bits per heavy atom. The van der Waals surface area contributed by atoms with Gasteiger partial charge in [0.15, 0.2) is 0 Å². The molecule has 0 bridgehead atoms. The third-order valence-electron chi connectivity index (χ3n) is 13.2. The first-order chi connectivity index (χ1) is 37.5. The topological polar surface area (TPSA) is 265 Å². The Bertz CT molecular complexity index is 3470. The number of carbonyl (C=O) groups is 3. The van der Waals surface area contributed by atoms with Crippen LogP contribution in [0.25, 0.3) is 22.5 Å². The highest BCUT2D eigenvalue weighted by Gasteiger charge is 2.33. The number of benzene rings is 2. The molecule has 0 aliphatic carbocycles. The summed E-state index contributed by atoms with van der Waals surface area (Å²) in [7, 11) is 3.70. The highest BCUT2D eigenvalue weighted by atomic mass is 16.6. The zero-order valence-corrected chi connectivity index (χ0v) is 46.7. The predicted molar refractivity (Wildman–Crippen MR) is 295 cm³/mol. The number of fused-ring (bicyclic) bond motifs is 2. The van der Waals surface area contributed by atoms with E-state index in [4.69, 9.17) is 18.8 Å². The summed E-state index contributed by atoms with van der Waals surface area (Å²) in [5.74, 6) is 1.68. The molecule has 2 aliphatic rings. The Labute approximate surface area is 458 Å². The average Bonchev–Trinajstić information content (AvgIpc) is 4.29. The molecular weight excluding hydrogens is 1000 g/mol. The van der Waals surface area contributed by atoms with E-state index in [1.54, 1.807) is 39.1 Å². The third kappa shape index (κ3) is 14.0. The van der Waals surface area contributed by atoms with E-state index in [0.717, 1.165) is 64.4 Å². The van der Waals surface area contributed by atoms with Crippen molar-refractivity contribution < 1.29 is 28.2 Å². The molecule has 22 heteroatoms. The number of aryl methyl sites for hydroxylation is 2. The van der Waals surface area contributed by atoms with Crippen molar-refractivity contribution in [1.82, 2.24) is 70.0 Å². The van der Waals surface area contributed by atoms with Gasteiger partial charge in [0, 0.05) is 93.3 Å². The second-order valence-electron chi connectivity index (χ2n) is 23.1. The highest BCUT2D eigenvalue weighted by Crippen LogP contribution is 2.37. The summed E-state index contributed by atoms with van der Waals surface area (Å²) >= 11 is 0. The number of hydrogen-bond donors (Lipinski definition) is 3. The highest BCUT2D eigenvalue weighted by molar-refractivity contribution is 5.93.